The monoisotopic (exact) mass is 256 g/mol. The first-order chi connectivity index (χ1) is 7.91. The summed E-state index contributed by atoms with van der Waals surface area (Å²) in [6, 6.07) is 1.59. The van der Waals surface area contributed by atoms with Crippen LogP contribution in [-0.2, 0) is 4.79 Å². The highest BCUT2D eigenvalue weighted by Crippen LogP contribution is 2.24. The number of hydrogen-bond acceptors (Lipinski definition) is 5. The summed E-state index contributed by atoms with van der Waals surface area (Å²) in [5.74, 6) is -0.951. The third kappa shape index (κ3) is 3.70. The van der Waals surface area contributed by atoms with Crippen molar-refractivity contribution in [2.45, 2.75) is 18.9 Å². The second-order valence-corrected chi connectivity index (χ2v) is 4.66. The molecule has 0 aliphatic rings. The van der Waals surface area contributed by atoms with Gasteiger partial charge in [-0.15, -0.1) is 11.8 Å². The van der Waals surface area contributed by atoms with E-state index >= 15 is 0 Å². The van der Waals surface area contributed by atoms with Crippen LogP contribution in [0.2, 0.25) is 0 Å². The minimum atomic E-state index is -0.865. The molecule has 0 saturated heterocycles. The maximum atomic E-state index is 10.6. The average Bonchev–Trinajstić information content (AvgIpc) is 2.25. The Morgan fingerprint density at radius 1 is 1.71 bits per heavy atom. The SMILES string of the molecule is Cc1cc(SCC(C)C(=O)O)ncc1[N+](=O)[O-]. The van der Waals surface area contributed by atoms with Gasteiger partial charge >= 0.3 is 5.97 Å². The van der Waals surface area contributed by atoms with E-state index in [9.17, 15) is 14.9 Å². The van der Waals surface area contributed by atoms with Crippen LogP contribution in [0.1, 0.15) is 12.5 Å². The number of aliphatic carboxylic acids is 1. The van der Waals surface area contributed by atoms with Crippen molar-refractivity contribution >= 4 is 23.4 Å². The van der Waals surface area contributed by atoms with E-state index in [0.29, 0.717) is 16.3 Å². The van der Waals surface area contributed by atoms with Gasteiger partial charge in [0, 0.05) is 11.3 Å². The van der Waals surface area contributed by atoms with E-state index in [4.69, 9.17) is 5.11 Å². The summed E-state index contributed by atoms with van der Waals surface area (Å²) < 4.78 is 0. The lowest BCUT2D eigenvalue weighted by Crippen LogP contribution is -2.11. The van der Waals surface area contributed by atoms with Crippen molar-refractivity contribution in [2.24, 2.45) is 5.92 Å². The predicted molar refractivity (Wildman–Crippen MR) is 63.2 cm³/mol. The second-order valence-electron chi connectivity index (χ2n) is 3.62. The van der Waals surface area contributed by atoms with Gasteiger partial charge in [-0.3, -0.25) is 14.9 Å². The fraction of sp³-hybridized carbons (Fsp3) is 0.400. The molecule has 0 bridgehead atoms. The van der Waals surface area contributed by atoms with Crippen molar-refractivity contribution in [1.82, 2.24) is 4.98 Å². The van der Waals surface area contributed by atoms with Crippen LogP contribution < -0.4 is 0 Å². The number of thioether (sulfide) groups is 1. The molecule has 1 unspecified atom stereocenters. The Morgan fingerprint density at radius 3 is 2.82 bits per heavy atom. The van der Waals surface area contributed by atoms with Crippen molar-refractivity contribution in [1.29, 1.82) is 0 Å². The topological polar surface area (TPSA) is 93.3 Å². The third-order valence-corrected chi connectivity index (χ3v) is 3.34. The molecule has 0 amide bonds. The van der Waals surface area contributed by atoms with Gasteiger partial charge in [0.2, 0.25) is 0 Å². The molecule has 1 N–H and O–H groups in total. The Hall–Kier alpha value is -1.63. The van der Waals surface area contributed by atoms with Gasteiger partial charge in [-0.05, 0) is 13.0 Å². The zero-order valence-electron chi connectivity index (χ0n) is 9.41. The van der Waals surface area contributed by atoms with Crippen LogP contribution in [0.4, 0.5) is 5.69 Å². The summed E-state index contributed by atoms with van der Waals surface area (Å²) in [5, 5.41) is 19.9. The number of hydrogen-bond donors (Lipinski definition) is 1. The number of rotatable bonds is 5. The first-order valence-corrected chi connectivity index (χ1v) is 5.87. The molecule has 1 rings (SSSR count). The van der Waals surface area contributed by atoms with Crippen LogP contribution >= 0.6 is 11.8 Å². The fourth-order valence-corrected chi connectivity index (χ4v) is 2.03. The molecule has 0 spiro atoms. The summed E-state index contributed by atoms with van der Waals surface area (Å²) in [5.41, 5.74) is 0.496. The first-order valence-electron chi connectivity index (χ1n) is 4.88. The highest BCUT2D eigenvalue weighted by molar-refractivity contribution is 7.99. The smallest absolute Gasteiger partial charge is 0.307 e. The predicted octanol–water partition coefficient (Wildman–Crippen LogP) is 2.11. The zero-order valence-corrected chi connectivity index (χ0v) is 10.2. The molecular weight excluding hydrogens is 244 g/mol. The second kappa shape index (κ2) is 5.62. The van der Waals surface area contributed by atoms with E-state index in [1.54, 1.807) is 19.9 Å². The molecule has 7 heteroatoms. The number of carboxylic acids is 1. The molecule has 92 valence electrons. The standard InChI is InChI=1S/C10H12N2O4S/c1-6-3-9(11-4-8(6)12(15)16)17-5-7(2)10(13)14/h3-4,7H,5H2,1-2H3,(H,13,14). The summed E-state index contributed by atoms with van der Waals surface area (Å²) in [7, 11) is 0. The Bertz CT molecular complexity index is 450. The lowest BCUT2D eigenvalue weighted by atomic mass is 10.2. The number of carbonyl (C=O) groups is 1. The quantitative estimate of drug-likeness (QED) is 0.492. The van der Waals surface area contributed by atoms with E-state index in [-0.39, 0.29) is 5.69 Å². The van der Waals surface area contributed by atoms with Gasteiger partial charge in [-0.2, -0.15) is 0 Å². The normalized spacial score (nSPS) is 12.1. The summed E-state index contributed by atoms with van der Waals surface area (Å²) >= 11 is 1.28. The molecule has 1 aromatic heterocycles. The molecule has 6 nitrogen and oxygen atoms in total. The molecule has 0 aliphatic heterocycles. The van der Waals surface area contributed by atoms with E-state index in [2.05, 4.69) is 4.98 Å². The molecule has 0 saturated carbocycles. The zero-order chi connectivity index (χ0) is 13.0. The molecule has 1 heterocycles. The van der Waals surface area contributed by atoms with Crippen LogP contribution in [0.25, 0.3) is 0 Å². The van der Waals surface area contributed by atoms with Crippen LogP contribution in [0.15, 0.2) is 17.3 Å². The summed E-state index contributed by atoms with van der Waals surface area (Å²) in [6.07, 6.45) is 1.20. The van der Waals surface area contributed by atoms with Crippen molar-refractivity contribution in [3.63, 3.8) is 0 Å². The highest BCUT2D eigenvalue weighted by Gasteiger charge is 2.14. The average molecular weight is 256 g/mol. The van der Waals surface area contributed by atoms with Crippen LogP contribution in [-0.4, -0.2) is 26.7 Å². The van der Waals surface area contributed by atoms with Crippen molar-refractivity contribution < 1.29 is 14.8 Å². The van der Waals surface area contributed by atoms with Crippen molar-refractivity contribution in [2.75, 3.05) is 5.75 Å². The minimum absolute atomic E-state index is 0.0272. The van der Waals surface area contributed by atoms with Gasteiger partial charge < -0.3 is 5.11 Å². The Kier molecular flexibility index (Phi) is 4.45. The molecule has 0 aromatic carbocycles. The van der Waals surface area contributed by atoms with Gasteiger partial charge in [0.15, 0.2) is 0 Å². The maximum Gasteiger partial charge on any atom is 0.307 e. The van der Waals surface area contributed by atoms with Gasteiger partial charge in [0.25, 0.3) is 5.69 Å². The first kappa shape index (κ1) is 13.4. The third-order valence-electron chi connectivity index (χ3n) is 2.16. The molecule has 17 heavy (non-hydrogen) atoms. The number of nitrogens with zero attached hydrogens (tertiary/aromatic N) is 2. The van der Waals surface area contributed by atoms with E-state index in [0.717, 1.165) is 0 Å². The number of carboxylic acid groups (broad SMARTS) is 1. The molecular formula is C10H12N2O4S. The summed E-state index contributed by atoms with van der Waals surface area (Å²) in [6.45, 7) is 3.23. The van der Waals surface area contributed by atoms with E-state index < -0.39 is 16.8 Å². The van der Waals surface area contributed by atoms with Crippen molar-refractivity contribution in [3.05, 3.63) is 27.9 Å². The van der Waals surface area contributed by atoms with Gasteiger partial charge in [0.1, 0.15) is 6.20 Å². The minimum Gasteiger partial charge on any atom is -0.481 e. The molecule has 0 radical (unpaired) electrons. The van der Waals surface area contributed by atoms with Gasteiger partial charge in [-0.1, -0.05) is 6.92 Å². The lowest BCUT2D eigenvalue weighted by molar-refractivity contribution is -0.385. The van der Waals surface area contributed by atoms with E-state index in [1.165, 1.54) is 18.0 Å². The Morgan fingerprint density at radius 2 is 2.35 bits per heavy atom. The molecule has 1 aromatic rings. The number of aryl methyl sites for hydroxylation is 1. The van der Waals surface area contributed by atoms with Crippen LogP contribution in [0.3, 0.4) is 0 Å². The van der Waals surface area contributed by atoms with Crippen molar-refractivity contribution in [3.8, 4) is 0 Å². The van der Waals surface area contributed by atoms with Crippen LogP contribution in [0, 0.1) is 23.0 Å². The Balaban J connectivity index is 2.71. The molecule has 0 fully saturated rings. The number of aromatic nitrogens is 1. The number of pyridine rings is 1. The molecule has 1 atom stereocenters. The fourth-order valence-electron chi connectivity index (χ4n) is 1.07. The molecule has 0 aliphatic carbocycles. The maximum absolute atomic E-state index is 10.6. The Labute approximate surface area is 102 Å². The number of nitro groups is 1. The highest BCUT2D eigenvalue weighted by atomic mass is 32.2. The summed E-state index contributed by atoms with van der Waals surface area (Å²) in [4.78, 5) is 24.6. The van der Waals surface area contributed by atoms with E-state index in [1.807, 2.05) is 0 Å². The largest absolute Gasteiger partial charge is 0.481 e. The lowest BCUT2D eigenvalue weighted by Gasteiger charge is -2.05. The van der Waals surface area contributed by atoms with Gasteiger partial charge in [0.05, 0.1) is 15.9 Å². The van der Waals surface area contributed by atoms with Crippen LogP contribution in [0.5, 0.6) is 0 Å². The van der Waals surface area contributed by atoms with Gasteiger partial charge in [-0.25, -0.2) is 4.98 Å².